The van der Waals surface area contributed by atoms with E-state index in [9.17, 15) is 5.11 Å². The number of hydrogen-bond acceptors (Lipinski definition) is 4. The normalized spacial score (nSPS) is 13.3. The lowest BCUT2D eigenvalue weighted by molar-refractivity contribution is 0.154. The number of aliphatic hydroxyl groups excluding tert-OH is 1. The molecule has 0 saturated heterocycles. The molecule has 0 aliphatic rings. The minimum atomic E-state index is -0.710. The molecule has 0 aliphatic heterocycles. The largest absolute Gasteiger partial charge is 0.386 e. The summed E-state index contributed by atoms with van der Waals surface area (Å²) in [5.74, 6) is 0.524. The van der Waals surface area contributed by atoms with Gasteiger partial charge in [-0.2, -0.15) is 0 Å². The molecular weight excluding hydrogens is 298 g/mol. The van der Waals surface area contributed by atoms with Gasteiger partial charge < -0.3 is 10.4 Å². The van der Waals surface area contributed by atoms with Gasteiger partial charge in [-0.25, -0.2) is 9.97 Å². The van der Waals surface area contributed by atoms with E-state index in [-0.39, 0.29) is 6.04 Å². The van der Waals surface area contributed by atoms with Crippen molar-refractivity contribution in [2.45, 2.75) is 26.0 Å². The number of aromatic nitrogens is 2. The molecule has 0 aliphatic carbocycles. The van der Waals surface area contributed by atoms with Gasteiger partial charge in [0.25, 0.3) is 0 Å². The Hall–Kier alpha value is -2.72. The number of benzene rings is 2. The highest BCUT2D eigenvalue weighted by Gasteiger charge is 2.23. The summed E-state index contributed by atoms with van der Waals surface area (Å²) in [5.41, 5.74) is 3.62. The Morgan fingerprint density at radius 1 is 0.792 bits per heavy atom. The maximum Gasteiger partial charge on any atom is 0.223 e. The first-order valence-corrected chi connectivity index (χ1v) is 8.00. The molecule has 0 radical (unpaired) electrons. The molecule has 0 bridgehead atoms. The van der Waals surface area contributed by atoms with Gasteiger partial charge in [0, 0.05) is 11.4 Å². The Labute approximate surface area is 142 Å². The zero-order valence-electron chi connectivity index (χ0n) is 13.8. The standard InChI is InChI=1S/C20H21N3O/c1-14-13-15(2)22-20(21-14)23-18(16-9-5-3-6-10-16)19(24)17-11-7-4-8-12-17/h3-13,18-19,24H,1-2H3,(H,21,22,23)/t18-,19+/m0/s1. The average Bonchev–Trinajstić information content (AvgIpc) is 2.60. The summed E-state index contributed by atoms with van der Waals surface area (Å²) >= 11 is 0. The van der Waals surface area contributed by atoms with Crippen LogP contribution in [0.3, 0.4) is 0 Å². The Morgan fingerprint density at radius 2 is 1.29 bits per heavy atom. The van der Waals surface area contributed by atoms with Gasteiger partial charge in [0.2, 0.25) is 5.95 Å². The molecule has 1 heterocycles. The van der Waals surface area contributed by atoms with Crippen LogP contribution in [0, 0.1) is 13.8 Å². The lowest BCUT2D eigenvalue weighted by atomic mass is 9.96. The summed E-state index contributed by atoms with van der Waals surface area (Å²) in [4.78, 5) is 8.88. The van der Waals surface area contributed by atoms with Gasteiger partial charge in [0.15, 0.2) is 0 Å². The number of hydrogen-bond donors (Lipinski definition) is 2. The van der Waals surface area contributed by atoms with E-state index in [0.29, 0.717) is 5.95 Å². The molecule has 2 atom stereocenters. The van der Waals surface area contributed by atoms with Crippen molar-refractivity contribution >= 4 is 5.95 Å². The molecule has 0 unspecified atom stereocenters. The molecule has 24 heavy (non-hydrogen) atoms. The maximum atomic E-state index is 10.9. The lowest BCUT2D eigenvalue weighted by Crippen LogP contribution is -2.21. The maximum absolute atomic E-state index is 10.9. The number of nitrogens with zero attached hydrogens (tertiary/aromatic N) is 2. The predicted molar refractivity (Wildman–Crippen MR) is 95.7 cm³/mol. The van der Waals surface area contributed by atoms with Crippen LogP contribution in [-0.4, -0.2) is 15.1 Å². The number of nitrogens with one attached hydrogen (secondary N) is 1. The molecule has 0 fully saturated rings. The van der Waals surface area contributed by atoms with Crippen molar-refractivity contribution in [3.8, 4) is 0 Å². The fraction of sp³-hybridized carbons (Fsp3) is 0.200. The molecule has 2 aromatic carbocycles. The van der Waals surface area contributed by atoms with Crippen molar-refractivity contribution in [3.63, 3.8) is 0 Å². The van der Waals surface area contributed by atoms with Crippen molar-refractivity contribution in [3.05, 3.63) is 89.2 Å². The monoisotopic (exact) mass is 319 g/mol. The molecule has 4 heteroatoms. The van der Waals surface area contributed by atoms with Crippen LogP contribution in [0.5, 0.6) is 0 Å². The van der Waals surface area contributed by atoms with Gasteiger partial charge in [0.05, 0.1) is 6.04 Å². The lowest BCUT2D eigenvalue weighted by Gasteiger charge is -2.25. The van der Waals surface area contributed by atoms with Crippen LogP contribution < -0.4 is 5.32 Å². The van der Waals surface area contributed by atoms with Crippen LogP contribution in [0.4, 0.5) is 5.95 Å². The van der Waals surface area contributed by atoms with Crippen LogP contribution in [0.1, 0.15) is 34.7 Å². The van der Waals surface area contributed by atoms with Crippen LogP contribution in [0.25, 0.3) is 0 Å². The molecule has 3 aromatic rings. The van der Waals surface area contributed by atoms with Crippen molar-refractivity contribution in [2.24, 2.45) is 0 Å². The second-order valence-corrected chi connectivity index (χ2v) is 5.86. The second kappa shape index (κ2) is 7.23. The zero-order valence-corrected chi connectivity index (χ0v) is 13.8. The molecule has 0 amide bonds. The van der Waals surface area contributed by atoms with E-state index in [1.165, 1.54) is 0 Å². The van der Waals surface area contributed by atoms with E-state index in [2.05, 4.69) is 15.3 Å². The minimum absolute atomic E-state index is 0.338. The molecular formula is C20H21N3O. The third kappa shape index (κ3) is 3.78. The molecule has 0 saturated carbocycles. The fourth-order valence-electron chi connectivity index (χ4n) is 2.78. The molecule has 0 spiro atoms. The van der Waals surface area contributed by atoms with Crippen molar-refractivity contribution in [2.75, 3.05) is 5.32 Å². The second-order valence-electron chi connectivity index (χ2n) is 5.86. The smallest absolute Gasteiger partial charge is 0.223 e. The summed E-state index contributed by atoms with van der Waals surface area (Å²) in [6, 6.07) is 21.1. The first-order valence-electron chi connectivity index (χ1n) is 8.00. The third-order valence-electron chi connectivity index (χ3n) is 3.88. The number of rotatable bonds is 5. The van der Waals surface area contributed by atoms with Crippen LogP contribution in [0.15, 0.2) is 66.7 Å². The minimum Gasteiger partial charge on any atom is -0.386 e. The van der Waals surface area contributed by atoms with Crippen molar-refractivity contribution in [1.82, 2.24) is 9.97 Å². The summed E-state index contributed by atoms with van der Waals surface area (Å²) in [7, 11) is 0. The van der Waals surface area contributed by atoms with E-state index in [1.807, 2.05) is 80.6 Å². The van der Waals surface area contributed by atoms with Gasteiger partial charge in [0.1, 0.15) is 6.10 Å². The highest BCUT2D eigenvalue weighted by molar-refractivity contribution is 5.36. The first kappa shape index (κ1) is 16.1. The first-order chi connectivity index (χ1) is 11.6. The molecule has 1 aromatic heterocycles. The van der Waals surface area contributed by atoms with E-state index in [4.69, 9.17) is 0 Å². The van der Waals surface area contributed by atoms with Crippen LogP contribution in [-0.2, 0) is 0 Å². The Bertz CT molecular complexity index is 770. The summed E-state index contributed by atoms with van der Waals surface area (Å²) in [6.07, 6.45) is -0.710. The molecule has 122 valence electrons. The topological polar surface area (TPSA) is 58.0 Å². The summed E-state index contributed by atoms with van der Waals surface area (Å²) < 4.78 is 0. The van der Waals surface area contributed by atoms with E-state index < -0.39 is 6.10 Å². The quantitative estimate of drug-likeness (QED) is 0.747. The number of aryl methyl sites for hydroxylation is 2. The molecule has 4 nitrogen and oxygen atoms in total. The molecule has 2 N–H and O–H groups in total. The van der Waals surface area contributed by atoms with E-state index in [0.717, 1.165) is 22.5 Å². The van der Waals surface area contributed by atoms with E-state index >= 15 is 0 Å². The Kier molecular flexibility index (Phi) is 4.87. The third-order valence-corrected chi connectivity index (χ3v) is 3.88. The van der Waals surface area contributed by atoms with Gasteiger partial charge in [-0.05, 0) is 31.0 Å². The van der Waals surface area contributed by atoms with Crippen molar-refractivity contribution < 1.29 is 5.11 Å². The predicted octanol–water partition coefficient (Wildman–Crippen LogP) is 3.98. The van der Waals surface area contributed by atoms with Crippen LogP contribution >= 0.6 is 0 Å². The fourth-order valence-corrected chi connectivity index (χ4v) is 2.78. The Morgan fingerprint density at radius 3 is 1.83 bits per heavy atom. The number of aliphatic hydroxyl groups is 1. The van der Waals surface area contributed by atoms with Gasteiger partial charge in [-0.3, -0.25) is 0 Å². The number of anilines is 1. The van der Waals surface area contributed by atoms with Crippen LogP contribution in [0.2, 0.25) is 0 Å². The highest BCUT2D eigenvalue weighted by Crippen LogP contribution is 2.31. The van der Waals surface area contributed by atoms with Crippen molar-refractivity contribution in [1.29, 1.82) is 0 Å². The summed E-state index contributed by atoms with van der Waals surface area (Å²) in [6.45, 7) is 3.87. The van der Waals surface area contributed by atoms with Gasteiger partial charge >= 0.3 is 0 Å². The summed E-state index contributed by atoms with van der Waals surface area (Å²) in [5, 5.41) is 14.2. The van der Waals surface area contributed by atoms with Gasteiger partial charge in [-0.15, -0.1) is 0 Å². The van der Waals surface area contributed by atoms with Gasteiger partial charge in [-0.1, -0.05) is 60.7 Å². The average molecular weight is 319 g/mol. The Balaban J connectivity index is 1.96. The SMILES string of the molecule is Cc1cc(C)nc(N[C@@H](c2ccccc2)[C@H](O)c2ccccc2)n1. The highest BCUT2D eigenvalue weighted by atomic mass is 16.3. The zero-order chi connectivity index (χ0) is 16.9. The van der Waals surface area contributed by atoms with E-state index in [1.54, 1.807) is 0 Å². The molecule has 3 rings (SSSR count).